The predicted molar refractivity (Wildman–Crippen MR) is 140 cm³/mol. The van der Waals surface area contributed by atoms with Gasteiger partial charge in [0.25, 0.3) is 5.91 Å². The van der Waals surface area contributed by atoms with E-state index in [0.717, 1.165) is 0 Å². The predicted octanol–water partition coefficient (Wildman–Crippen LogP) is 2.55. The average molecular weight is 512 g/mol. The highest BCUT2D eigenvalue weighted by Crippen LogP contribution is 2.35. The van der Waals surface area contributed by atoms with Gasteiger partial charge >= 0.3 is 0 Å². The van der Waals surface area contributed by atoms with Gasteiger partial charge in [-0.15, -0.1) is 0 Å². The second-order valence-corrected chi connectivity index (χ2v) is 10.6. The number of rotatable bonds is 16. The summed E-state index contributed by atoms with van der Waals surface area (Å²) in [4.78, 5) is 23.4. The van der Waals surface area contributed by atoms with Gasteiger partial charge in [-0.1, -0.05) is 53.3 Å². The van der Waals surface area contributed by atoms with Gasteiger partial charge in [-0.25, -0.2) is 0 Å². The number of ether oxygens (including phenoxy) is 3. The van der Waals surface area contributed by atoms with Gasteiger partial charge < -0.3 is 30.2 Å². The zero-order valence-electron chi connectivity index (χ0n) is 20.7. The molecule has 3 N–H and O–H groups in total. The first-order valence-corrected chi connectivity index (χ1v) is 13.7. The van der Waals surface area contributed by atoms with E-state index in [0.29, 0.717) is 37.6 Å². The van der Waals surface area contributed by atoms with Crippen molar-refractivity contribution < 1.29 is 23.8 Å². The first kappa shape index (κ1) is 30.1. The molecule has 10 heteroatoms. The third-order valence-electron chi connectivity index (χ3n) is 4.15. The van der Waals surface area contributed by atoms with Gasteiger partial charge in [0, 0.05) is 24.6 Å². The maximum Gasteiger partial charge on any atom is 0.251 e. The molecule has 2 amide bonds. The van der Waals surface area contributed by atoms with Crippen molar-refractivity contribution in [3.05, 3.63) is 29.8 Å². The minimum atomic E-state index is -0.636. The van der Waals surface area contributed by atoms with Gasteiger partial charge in [0.05, 0.1) is 19.8 Å². The van der Waals surface area contributed by atoms with E-state index < -0.39 is 4.93 Å². The van der Waals surface area contributed by atoms with Crippen LogP contribution in [0, 0.1) is 17.8 Å². The molecule has 0 aliphatic carbocycles. The van der Waals surface area contributed by atoms with Gasteiger partial charge in [0.15, 0.2) is 4.93 Å². The summed E-state index contributed by atoms with van der Waals surface area (Å²) in [7, 11) is 4.94. The van der Waals surface area contributed by atoms with Gasteiger partial charge in [0.2, 0.25) is 5.91 Å². The summed E-state index contributed by atoms with van der Waals surface area (Å²) in [6, 6.07) is 7.06. The fourth-order valence-electron chi connectivity index (χ4n) is 2.54. The van der Waals surface area contributed by atoms with Crippen LogP contribution >= 0.6 is 21.6 Å². The topological polar surface area (TPSA) is 97.9 Å². The van der Waals surface area contributed by atoms with Gasteiger partial charge in [-0.3, -0.25) is 9.59 Å². The summed E-state index contributed by atoms with van der Waals surface area (Å²) in [5.41, 5.74) is 0.538. The van der Waals surface area contributed by atoms with Crippen molar-refractivity contribution in [1.29, 1.82) is 0 Å². The molecule has 0 aliphatic heterocycles. The van der Waals surface area contributed by atoms with Crippen molar-refractivity contribution in [3.63, 3.8) is 0 Å². The molecule has 0 radical (unpaired) electrons. The van der Waals surface area contributed by atoms with Crippen LogP contribution < -0.4 is 20.7 Å². The van der Waals surface area contributed by atoms with E-state index in [-0.39, 0.29) is 37.6 Å². The molecule has 1 aromatic carbocycles. The molecule has 0 aliphatic rings. The highest BCUT2D eigenvalue weighted by Gasteiger charge is 2.27. The Morgan fingerprint density at radius 1 is 1.18 bits per heavy atom. The van der Waals surface area contributed by atoms with Crippen LogP contribution in [0.25, 0.3) is 0 Å². The van der Waals surface area contributed by atoms with Crippen LogP contribution in [-0.2, 0) is 14.3 Å². The summed E-state index contributed by atoms with van der Waals surface area (Å²) in [6.07, 6.45) is 1.96. The molecule has 8 nitrogen and oxygen atoms in total. The number of carbonyl (C=O) groups is 2. The molecule has 1 aromatic rings. The Balaban J connectivity index is 2.43. The van der Waals surface area contributed by atoms with E-state index in [4.69, 9.17) is 14.2 Å². The molecule has 0 saturated heterocycles. The molecule has 0 unspecified atom stereocenters. The minimum Gasteiger partial charge on any atom is -0.490 e. The van der Waals surface area contributed by atoms with Crippen molar-refractivity contribution >= 4 is 33.4 Å². The number of amides is 2. The molecule has 0 saturated carbocycles. The standard InChI is InChI=1S/C24H37N3O5S2/c1-19(2)8-7-11-26-22(28)17-30-14-15-32-24(3,34-33-5)18-31-21-10-6-9-20(16-21)23(29)27-13-12-25-4/h6,9-10,16,19,25H,11-15,17-18H2,1-5H3,(H,26,28)(H,27,29)/t24-/m0/s1. The van der Waals surface area contributed by atoms with Crippen LogP contribution in [0.4, 0.5) is 0 Å². The minimum absolute atomic E-state index is 0.0429. The SMILES string of the molecule is CNCCNC(=O)c1cccc(OC[C@@](C)(OCCOCC(=O)NCC#CC(C)C)SSC)c1. The molecule has 0 aromatic heterocycles. The number of likely N-dealkylation sites (N-methyl/N-ethyl adjacent to an activating group) is 1. The molecule has 34 heavy (non-hydrogen) atoms. The molecular formula is C24H37N3O5S2. The summed E-state index contributed by atoms with van der Waals surface area (Å²) < 4.78 is 17.3. The van der Waals surface area contributed by atoms with Crippen LogP contribution in [0.2, 0.25) is 0 Å². The fraction of sp³-hybridized carbons (Fsp3) is 0.583. The van der Waals surface area contributed by atoms with Crippen molar-refractivity contribution in [1.82, 2.24) is 16.0 Å². The normalized spacial score (nSPS) is 12.4. The lowest BCUT2D eigenvalue weighted by atomic mass is 10.2. The summed E-state index contributed by atoms with van der Waals surface area (Å²) in [6.45, 7) is 8.30. The van der Waals surface area contributed by atoms with E-state index in [9.17, 15) is 9.59 Å². The molecule has 0 bridgehead atoms. The monoisotopic (exact) mass is 511 g/mol. The molecule has 0 fully saturated rings. The van der Waals surface area contributed by atoms with Crippen molar-refractivity contribution in [2.75, 3.05) is 59.4 Å². The lowest BCUT2D eigenvalue weighted by molar-refractivity contribution is -0.126. The van der Waals surface area contributed by atoms with E-state index >= 15 is 0 Å². The summed E-state index contributed by atoms with van der Waals surface area (Å²) in [5.74, 6) is 6.39. The molecule has 190 valence electrons. The van der Waals surface area contributed by atoms with Crippen LogP contribution in [0.5, 0.6) is 5.75 Å². The lowest BCUT2D eigenvalue weighted by Gasteiger charge is -2.28. The Morgan fingerprint density at radius 2 is 1.97 bits per heavy atom. The summed E-state index contributed by atoms with van der Waals surface area (Å²) >= 11 is 0. The van der Waals surface area contributed by atoms with E-state index in [1.54, 1.807) is 29.0 Å². The smallest absolute Gasteiger partial charge is 0.251 e. The van der Waals surface area contributed by atoms with Crippen molar-refractivity contribution in [3.8, 4) is 17.6 Å². The van der Waals surface area contributed by atoms with E-state index in [2.05, 4.69) is 27.8 Å². The zero-order chi connectivity index (χ0) is 25.2. The van der Waals surface area contributed by atoms with Gasteiger partial charge in [0.1, 0.15) is 19.0 Å². The highest BCUT2D eigenvalue weighted by molar-refractivity contribution is 8.76. The Labute approximate surface area is 211 Å². The van der Waals surface area contributed by atoms with E-state index in [1.807, 2.05) is 40.1 Å². The Morgan fingerprint density at radius 3 is 2.68 bits per heavy atom. The zero-order valence-corrected chi connectivity index (χ0v) is 22.3. The van der Waals surface area contributed by atoms with E-state index in [1.165, 1.54) is 10.8 Å². The highest BCUT2D eigenvalue weighted by atomic mass is 33.1. The van der Waals surface area contributed by atoms with Gasteiger partial charge in [-0.2, -0.15) is 0 Å². The lowest BCUT2D eigenvalue weighted by Crippen LogP contribution is -2.34. The number of carbonyl (C=O) groups excluding carboxylic acids is 2. The third kappa shape index (κ3) is 13.7. The molecule has 1 atom stereocenters. The van der Waals surface area contributed by atoms with Crippen LogP contribution in [0.1, 0.15) is 31.1 Å². The average Bonchev–Trinajstić information content (AvgIpc) is 2.81. The third-order valence-corrected chi connectivity index (χ3v) is 6.46. The Kier molecular flexibility index (Phi) is 15.5. The molecular weight excluding hydrogens is 474 g/mol. The van der Waals surface area contributed by atoms with Crippen molar-refractivity contribution in [2.24, 2.45) is 5.92 Å². The maximum atomic E-state index is 12.3. The van der Waals surface area contributed by atoms with Gasteiger partial charge in [-0.05, 0) is 38.4 Å². The van der Waals surface area contributed by atoms with Crippen molar-refractivity contribution in [2.45, 2.75) is 25.7 Å². The number of hydrogen-bond acceptors (Lipinski definition) is 8. The summed E-state index contributed by atoms with van der Waals surface area (Å²) in [5, 5.41) is 8.53. The first-order valence-electron chi connectivity index (χ1n) is 11.1. The van der Waals surface area contributed by atoms with Crippen LogP contribution in [0.3, 0.4) is 0 Å². The second-order valence-electron chi connectivity index (χ2n) is 7.71. The number of benzene rings is 1. The quantitative estimate of drug-likeness (QED) is 0.135. The number of nitrogens with one attached hydrogen (secondary N) is 3. The van der Waals surface area contributed by atoms with Crippen LogP contribution in [0.15, 0.2) is 24.3 Å². The molecule has 1 rings (SSSR count). The maximum absolute atomic E-state index is 12.3. The first-order chi connectivity index (χ1) is 16.3. The Hall–Kier alpha value is -1.90. The largest absolute Gasteiger partial charge is 0.490 e. The molecule has 0 heterocycles. The van der Waals surface area contributed by atoms with Crippen LogP contribution in [-0.4, -0.2) is 76.1 Å². The number of hydrogen-bond donors (Lipinski definition) is 3. The Bertz CT molecular complexity index is 813. The molecule has 0 spiro atoms. The fourth-order valence-corrected chi connectivity index (χ4v) is 4.48. The second kappa shape index (κ2) is 17.5.